The summed E-state index contributed by atoms with van der Waals surface area (Å²) in [6.45, 7) is 6.15. The lowest BCUT2D eigenvalue weighted by Crippen LogP contribution is -2.42. The van der Waals surface area contributed by atoms with Gasteiger partial charge in [-0.05, 0) is 69.7 Å². The molecule has 2 rings (SSSR count). The number of aryl methyl sites for hydroxylation is 1. The smallest absolute Gasteiger partial charge is 0.256 e. The van der Waals surface area contributed by atoms with Gasteiger partial charge in [0.1, 0.15) is 11.4 Å². The maximum absolute atomic E-state index is 12.5. The molecule has 122 valence electrons. The molecular formula is C18H27NO3. The second-order valence-electron chi connectivity index (χ2n) is 6.18. The second-order valence-corrected chi connectivity index (χ2v) is 6.18. The number of carbonyl (C=O) groups is 1. The molecule has 22 heavy (non-hydrogen) atoms. The molecule has 1 amide bonds. The number of rotatable bonds is 6. The summed E-state index contributed by atoms with van der Waals surface area (Å²) in [5.41, 5.74) is 1.16. The van der Waals surface area contributed by atoms with Crippen molar-refractivity contribution in [3.63, 3.8) is 0 Å². The molecule has 0 bridgehead atoms. The van der Waals surface area contributed by atoms with Crippen molar-refractivity contribution in [1.82, 2.24) is 0 Å². The summed E-state index contributed by atoms with van der Waals surface area (Å²) in [5.74, 6) is 0.831. The van der Waals surface area contributed by atoms with Gasteiger partial charge in [-0.2, -0.15) is 0 Å². The number of benzene rings is 1. The van der Waals surface area contributed by atoms with Crippen molar-refractivity contribution in [2.45, 2.75) is 64.6 Å². The summed E-state index contributed by atoms with van der Waals surface area (Å²) in [7, 11) is 1.62. The predicted molar refractivity (Wildman–Crippen MR) is 88.4 cm³/mol. The average molecular weight is 305 g/mol. The zero-order chi connectivity index (χ0) is 16.2. The molecule has 0 spiro atoms. The molecule has 1 saturated carbocycles. The van der Waals surface area contributed by atoms with Crippen LogP contribution in [-0.2, 0) is 9.53 Å². The third kappa shape index (κ3) is 3.61. The maximum atomic E-state index is 12.5. The van der Waals surface area contributed by atoms with E-state index in [1.807, 2.05) is 25.1 Å². The van der Waals surface area contributed by atoms with Crippen molar-refractivity contribution < 1.29 is 14.3 Å². The molecule has 1 aliphatic carbocycles. The molecule has 1 atom stereocenters. The fraction of sp³-hybridized carbons (Fsp3) is 0.611. The molecule has 4 nitrogen and oxygen atoms in total. The Labute approximate surface area is 133 Å². The normalized spacial score (nSPS) is 18.0. The second kappa shape index (κ2) is 7.14. The first kappa shape index (κ1) is 16.8. The van der Waals surface area contributed by atoms with Crippen LogP contribution < -0.4 is 10.1 Å². The molecule has 1 aromatic rings. The van der Waals surface area contributed by atoms with Crippen LogP contribution >= 0.6 is 0 Å². The van der Waals surface area contributed by atoms with Crippen molar-refractivity contribution in [2.75, 3.05) is 12.4 Å². The Morgan fingerprint density at radius 2 is 2.05 bits per heavy atom. The van der Waals surface area contributed by atoms with Crippen molar-refractivity contribution in [3.05, 3.63) is 23.8 Å². The molecule has 1 fully saturated rings. The van der Waals surface area contributed by atoms with Gasteiger partial charge in [0, 0.05) is 12.8 Å². The zero-order valence-corrected chi connectivity index (χ0v) is 14.1. The van der Waals surface area contributed by atoms with Crippen molar-refractivity contribution in [2.24, 2.45) is 0 Å². The van der Waals surface area contributed by atoms with Crippen molar-refractivity contribution in [3.8, 4) is 5.75 Å². The van der Waals surface area contributed by atoms with Gasteiger partial charge in [-0.1, -0.05) is 6.92 Å². The van der Waals surface area contributed by atoms with Gasteiger partial charge in [0.15, 0.2) is 0 Å². The number of carbonyl (C=O) groups excluding carboxylic acids is 1. The van der Waals surface area contributed by atoms with E-state index in [1.165, 1.54) is 0 Å². The number of methoxy groups -OCH3 is 1. The van der Waals surface area contributed by atoms with Gasteiger partial charge < -0.3 is 14.8 Å². The number of amides is 1. The summed E-state index contributed by atoms with van der Waals surface area (Å²) in [6, 6.07) is 5.76. The number of nitrogens with one attached hydrogen (secondary N) is 1. The predicted octanol–water partition coefficient (Wildman–Crippen LogP) is 4.07. The molecule has 0 aromatic heterocycles. The molecule has 1 aromatic carbocycles. The van der Waals surface area contributed by atoms with Gasteiger partial charge in [0.05, 0.1) is 6.10 Å². The lowest BCUT2D eigenvalue weighted by atomic mass is 10.0. The van der Waals surface area contributed by atoms with Gasteiger partial charge in [0.25, 0.3) is 5.91 Å². The lowest BCUT2D eigenvalue weighted by molar-refractivity contribution is -0.136. The molecule has 0 saturated heterocycles. The van der Waals surface area contributed by atoms with E-state index >= 15 is 0 Å². The Kier molecular flexibility index (Phi) is 5.46. The molecule has 1 N–H and O–H groups in total. The highest BCUT2D eigenvalue weighted by molar-refractivity contribution is 5.97. The van der Waals surface area contributed by atoms with Crippen LogP contribution in [0.2, 0.25) is 0 Å². The number of ether oxygens (including phenoxy) is 2. The Morgan fingerprint density at radius 3 is 2.59 bits per heavy atom. The van der Waals surface area contributed by atoms with Crippen molar-refractivity contribution >= 4 is 11.6 Å². The van der Waals surface area contributed by atoms with Gasteiger partial charge in [-0.3, -0.25) is 4.79 Å². The molecule has 0 aliphatic heterocycles. The minimum atomic E-state index is -0.653. The molecule has 0 radical (unpaired) electrons. The van der Waals surface area contributed by atoms with Crippen LogP contribution in [0.4, 0.5) is 5.69 Å². The molecule has 4 heteroatoms. The van der Waals surface area contributed by atoms with Crippen LogP contribution in [0.5, 0.6) is 5.75 Å². The summed E-state index contributed by atoms with van der Waals surface area (Å²) < 4.78 is 11.4. The fourth-order valence-corrected chi connectivity index (χ4v) is 2.87. The number of anilines is 1. The number of hydrogen-bond donors (Lipinski definition) is 1. The molecule has 1 aliphatic rings. The Morgan fingerprint density at radius 1 is 1.36 bits per heavy atom. The first-order valence-corrected chi connectivity index (χ1v) is 8.14. The highest BCUT2D eigenvalue weighted by Gasteiger charge is 2.41. The average Bonchev–Trinajstić information content (AvgIpc) is 3.00. The first-order valence-electron chi connectivity index (χ1n) is 8.14. The number of hydrogen-bond acceptors (Lipinski definition) is 3. The summed E-state index contributed by atoms with van der Waals surface area (Å²) in [4.78, 5) is 12.5. The van der Waals surface area contributed by atoms with Crippen LogP contribution in [0, 0.1) is 6.92 Å². The van der Waals surface area contributed by atoms with E-state index in [0.717, 1.165) is 49.1 Å². The molecular weight excluding hydrogens is 278 g/mol. The lowest BCUT2D eigenvalue weighted by Gasteiger charge is -2.26. The third-order valence-corrected chi connectivity index (χ3v) is 4.55. The summed E-state index contributed by atoms with van der Waals surface area (Å²) >= 11 is 0. The molecule has 0 heterocycles. The standard InChI is InChI=1S/C18H27NO3/c1-5-14(3)22-16-9-8-15(12-13(16)2)19-17(20)18(21-4)10-6-7-11-18/h8-9,12,14H,5-7,10-11H2,1-4H3,(H,19,20)/t14-/m1/s1. The van der Waals surface area contributed by atoms with E-state index in [0.29, 0.717) is 0 Å². The minimum absolute atomic E-state index is 0.0394. The van der Waals surface area contributed by atoms with E-state index in [-0.39, 0.29) is 12.0 Å². The summed E-state index contributed by atoms with van der Waals surface area (Å²) in [5, 5.41) is 2.99. The minimum Gasteiger partial charge on any atom is -0.490 e. The van der Waals surface area contributed by atoms with Gasteiger partial charge in [0.2, 0.25) is 0 Å². The maximum Gasteiger partial charge on any atom is 0.256 e. The zero-order valence-electron chi connectivity index (χ0n) is 14.1. The van der Waals surface area contributed by atoms with E-state index in [9.17, 15) is 4.79 Å². The van der Waals surface area contributed by atoms with Gasteiger partial charge in [-0.15, -0.1) is 0 Å². The monoisotopic (exact) mass is 305 g/mol. The fourth-order valence-electron chi connectivity index (χ4n) is 2.87. The van der Waals surface area contributed by atoms with E-state index < -0.39 is 5.60 Å². The van der Waals surface area contributed by atoms with Crippen LogP contribution in [0.3, 0.4) is 0 Å². The Hall–Kier alpha value is -1.55. The summed E-state index contributed by atoms with van der Waals surface area (Å²) in [6.07, 6.45) is 4.83. The highest BCUT2D eigenvalue weighted by Crippen LogP contribution is 2.34. The van der Waals surface area contributed by atoms with Crippen LogP contribution in [0.15, 0.2) is 18.2 Å². The van der Waals surface area contributed by atoms with Crippen LogP contribution in [0.1, 0.15) is 51.5 Å². The Bertz CT molecular complexity index is 521. The SMILES string of the molecule is CC[C@@H](C)Oc1ccc(NC(=O)C2(OC)CCCC2)cc1C. The van der Waals surface area contributed by atoms with Gasteiger partial charge in [-0.25, -0.2) is 0 Å². The van der Waals surface area contributed by atoms with Gasteiger partial charge >= 0.3 is 0 Å². The molecule has 0 unspecified atom stereocenters. The van der Waals surface area contributed by atoms with Crippen molar-refractivity contribution in [1.29, 1.82) is 0 Å². The van der Waals surface area contributed by atoms with E-state index in [2.05, 4.69) is 19.2 Å². The third-order valence-electron chi connectivity index (χ3n) is 4.55. The van der Waals surface area contributed by atoms with E-state index in [4.69, 9.17) is 9.47 Å². The largest absolute Gasteiger partial charge is 0.490 e. The van der Waals surface area contributed by atoms with Crippen LogP contribution in [-0.4, -0.2) is 24.7 Å². The topological polar surface area (TPSA) is 47.6 Å². The highest BCUT2D eigenvalue weighted by atomic mass is 16.5. The Balaban J connectivity index is 2.07. The van der Waals surface area contributed by atoms with Crippen LogP contribution in [0.25, 0.3) is 0 Å². The van der Waals surface area contributed by atoms with E-state index in [1.54, 1.807) is 7.11 Å². The quantitative estimate of drug-likeness (QED) is 0.862. The first-order chi connectivity index (χ1) is 10.5.